The number of nitro groups is 1. The zero-order valence-corrected chi connectivity index (χ0v) is 11.0. The van der Waals surface area contributed by atoms with Gasteiger partial charge in [-0.3, -0.25) is 10.1 Å². The number of ether oxygens (including phenoxy) is 1. The van der Waals surface area contributed by atoms with Crippen molar-refractivity contribution in [3.05, 3.63) is 33.4 Å². The molecule has 1 aromatic rings. The Labute approximate surface area is 114 Å². The molecule has 8 heteroatoms. The summed E-state index contributed by atoms with van der Waals surface area (Å²) in [5, 5.41) is 20.8. The molecule has 0 heterocycles. The van der Waals surface area contributed by atoms with Gasteiger partial charge in [0.1, 0.15) is 5.75 Å². The van der Waals surface area contributed by atoms with Crippen LogP contribution in [0.25, 0.3) is 0 Å². The lowest BCUT2D eigenvalue weighted by atomic mass is 9.97. The number of nitrogens with zero attached hydrogens (tertiary/aromatic N) is 1. The monoisotopic (exact) mass is 286 g/mol. The SMILES string of the molecule is CCOC(=O)C(F)[C@@H](N)c1c([N+](=O)[O-])ccc(C)c1O. The van der Waals surface area contributed by atoms with E-state index in [4.69, 9.17) is 5.73 Å². The topological polar surface area (TPSA) is 116 Å². The van der Waals surface area contributed by atoms with E-state index in [0.29, 0.717) is 0 Å². The van der Waals surface area contributed by atoms with Crippen molar-refractivity contribution in [1.29, 1.82) is 0 Å². The van der Waals surface area contributed by atoms with Gasteiger partial charge in [-0.05, 0) is 25.5 Å². The van der Waals surface area contributed by atoms with Crippen LogP contribution in [-0.2, 0) is 9.53 Å². The Balaban J connectivity index is 3.26. The summed E-state index contributed by atoms with van der Waals surface area (Å²) in [5.41, 5.74) is 4.86. The smallest absolute Gasteiger partial charge is 0.342 e. The first-order chi connectivity index (χ1) is 9.31. The molecule has 0 aromatic heterocycles. The van der Waals surface area contributed by atoms with Crippen molar-refractivity contribution in [2.24, 2.45) is 5.73 Å². The van der Waals surface area contributed by atoms with Gasteiger partial charge in [-0.1, -0.05) is 0 Å². The Morgan fingerprint density at radius 1 is 1.60 bits per heavy atom. The number of aromatic hydroxyl groups is 1. The molecule has 0 aliphatic rings. The van der Waals surface area contributed by atoms with Gasteiger partial charge >= 0.3 is 5.97 Å². The van der Waals surface area contributed by atoms with E-state index in [2.05, 4.69) is 4.74 Å². The number of aryl methyl sites for hydroxylation is 1. The van der Waals surface area contributed by atoms with Crippen LogP contribution in [-0.4, -0.2) is 28.8 Å². The molecular formula is C12H15FN2O5. The van der Waals surface area contributed by atoms with E-state index >= 15 is 0 Å². The largest absolute Gasteiger partial charge is 0.507 e. The molecule has 20 heavy (non-hydrogen) atoms. The lowest BCUT2D eigenvalue weighted by molar-refractivity contribution is -0.385. The maximum absolute atomic E-state index is 13.9. The first-order valence-electron chi connectivity index (χ1n) is 5.84. The minimum Gasteiger partial charge on any atom is -0.507 e. The number of nitro benzene ring substituents is 1. The average Bonchev–Trinajstić information content (AvgIpc) is 2.39. The van der Waals surface area contributed by atoms with Gasteiger partial charge in [0.15, 0.2) is 0 Å². The summed E-state index contributed by atoms with van der Waals surface area (Å²) in [5.74, 6) is -1.73. The number of carbonyl (C=O) groups is 1. The van der Waals surface area contributed by atoms with Gasteiger partial charge in [0.2, 0.25) is 6.17 Å². The number of nitrogens with two attached hydrogens (primary N) is 1. The fourth-order valence-corrected chi connectivity index (χ4v) is 1.71. The highest BCUT2D eigenvalue weighted by atomic mass is 19.1. The Kier molecular flexibility index (Phi) is 4.98. The first-order valence-corrected chi connectivity index (χ1v) is 5.84. The number of rotatable bonds is 5. The Hall–Kier alpha value is -2.22. The number of halogens is 1. The van der Waals surface area contributed by atoms with Crippen LogP contribution in [0.15, 0.2) is 12.1 Å². The average molecular weight is 286 g/mol. The van der Waals surface area contributed by atoms with Crippen molar-refractivity contribution >= 4 is 11.7 Å². The summed E-state index contributed by atoms with van der Waals surface area (Å²) >= 11 is 0. The van der Waals surface area contributed by atoms with Crippen LogP contribution < -0.4 is 5.73 Å². The molecule has 1 unspecified atom stereocenters. The number of carbonyl (C=O) groups excluding carboxylic acids is 1. The predicted molar refractivity (Wildman–Crippen MR) is 68.0 cm³/mol. The maximum atomic E-state index is 13.9. The third-order valence-corrected chi connectivity index (χ3v) is 2.75. The van der Waals surface area contributed by atoms with E-state index < -0.39 is 40.1 Å². The highest BCUT2D eigenvalue weighted by Crippen LogP contribution is 2.36. The lowest BCUT2D eigenvalue weighted by Gasteiger charge is -2.17. The molecule has 1 rings (SSSR count). The third kappa shape index (κ3) is 3.02. The zero-order valence-electron chi connectivity index (χ0n) is 11.0. The number of hydrogen-bond donors (Lipinski definition) is 2. The second-order valence-corrected chi connectivity index (χ2v) is 4.10. The summed E-state index contributed by atoms with van der Waals surface area (Å²) < 4.78 is 18.4. The van der Waals surface area contributed by atoms with Crippen LogP contribution in [0.5, 0.6) is 5.75 Å². The normalized spacial score (nSPS) is 13.6. The standard InChI is InChI=1S/C12H15FN2O5/c1-3-20-12(17)9(13)10(14)8-7(15(18)19)5-4-6(2)11(8)16/h4-5,9-10,16H,3,14H2,1-2H3/t9?,10-/m0/s1. The number of benzene rings is 1. The molecule has 7 nitrogen and oxygen atoms in total. The number of phenols is 1. The second-order valence-electron chi connectivity index (χ2n) is 4.10. The molecule has 3 N–H and O–H groups in total. The van der Waals surface area contributed by atoms with E-state index in [1.165, 1.54) is 19.9 Å². The third-order valence-electron chi connectivity index (χ3n) is 2.75. The van der Waals surface area contributed by atoms with Gasteiger partial charge in [-0.2, -0.15) is 0 Å². The van der Waals surface area contributed by atoms with Crippen molar-refractivity contribution in [3.8, 4) is 5.75 Å². The molecule has 0 aliphatic heterocycles. The fourth-order valence-electron chi connectivity index (χ4n) is 1.71. The molecule has 0 saturated heterocycles. The molecule has 0 spiro atoms. The lowest BCUT2D eigenvalue weighted by Crippen LogP contribution is -2.32. The van der Waals surface area contributed by atoms with E-state index in [-0.39, 0.29) is 12.2 Å². The number of esters is 1. The highest BCUT2D eigenvalue weighted by Gasteiger charge is 2.35. The summed E-state index contributed by atoms with van der Waals surface area (Å²) in [6.07, 6.45) is -2.30. The first kappa shape index (κ1) is 15.8. The van der Waals surface area contributed by atoms with Gasteiger partial charge in [0, 0.05) is 6.07 Å². The van der Waals surface area contributed by atoms with Crippen LogP contribution in [0.4, 0.5) is 10.1 Å². The van der Waals surface area contributed by atoms with Crippen molar-refractivity contribution < 1.29 is 24.0 Å². The van der Waals surface area contributed by atoms with Gasteiger partial charge < -0.3 is 15.6 Å². The molecular weight excluding hydrogens is 271 g/mol. The van der Waals surface area contributed by atoms with Gasteiger partial charge in [-0.25, -0.2) is 9.18 Å². The molecule has 0 aliphatic carbocycles. The molecule has 0 bridgehead atoms. The minimum atomic E-state index is -2.30. The predicted octanol–water partition coefficient (Wildman–Crippen LogP) is 1.51. The van der Waals surface area contributed by atoms with Crippen molar-refractivity contribution in [1.82, 2.24) is 0 Å². The van der Waals surface area contributed by atoms with Crippen molar-refractivity contribution in [2.75, 3.05) is 6.61 Å². The van der Waals surface area contributed by atoms with E-state index in [1.807, 2.05) is 0 Å². The quantitative estimate of drug-likeness (QED) is 0.481. The van der Waals surface area contributed by atoms with E-state index in [0.717, 1.165) is 6.07 Å². The van der Waals surface area contributed by atoms with Crippen LogP contribution in [0.3, 0.4) is 0 Å². The molecule has 2 atom stereocenters. The Morgan fingerprint density at radius 3 is 2.70 bits per heavy atom. The molecule has 0 saturated carbocycles. The second kappa shape index (κ2) is 6.29. The maximum Gasteiger partial charge on any atom is 0.342 e. The molecule has 0 amide bonds. The highest BCUT2D eigenvalue weighted by molar-refractivity contribution is 5.76. The molecule has 0 fully saturated rings. The van der Waals surface area contributed by atoms with Crippen LogP contribution >= 0.6 is 0 Å². The number of alkyl halides is 1. The summed E-state index contributed by atoms with van der Waals surface area (Å²) in [7, 11) is 0. The van der Waals surface area contributed by atoms with Gasteiger partial charge in [0.25, 0.3) is 5.69 Å². The molecule has 1 aromatic carbocycles. The van der Waals surface area contributed by atoms with Crippen LogP contribution in [0, 0.1) is 17.0 Å². The zero-order chi connectivity index (χ0) is 15.4. The van der Waals surface area contributed by atoms with Gasteiger partial charge in [-0.15, -0.1) is 0 Å². The minimum absolute atomic E-state index is 0.0478. The molecule has 0 radical (unpaired) electrons. The number of hydrogen-bond acceptors (Lipinski definition) is 6. The Morgan fingerprint density at radius 2 is 2.20 bits per heavy atom. The fraction of sp³-hybridized carbons (Fsp3) is 0.417. The van der Waals surface area contributed by atoms with Crippen LogP contribution in [0.2, 0.25) is 0 Å². The summed E-state index contributed by atoms with van der Waals surface area (Å²) in [6.45, 7) is 2.92. The molecule has 110 valence electrons. The van der Waals surface area contributed by atoms with Gasteiger partial charge in [0.05, 0.1) is 23.1 Å². The number of phenolic OH excluding ortho intramolecular Hbond substituents is 1. The summed E-state index contributed by atoms with van der Waals surface area (Å²) in [6, 6.07) is 0.720. The van der Waals surface area contributed by atoms with Crippen molar-refractivity contribution in [2.45, 2.75) is 26.1 Å². The summed E-state index contributed by atoms with van der Waals surface area (Å²) in [4.78, 5) is 21.4. The van der Waals surface area contributed by atoms with Crippen LogP contribution in [0.1, 0.15) is 24.1 Å². The Bertz CT molecular complexity index is 535. The van der Waals surface area contributed by atoms with E-state index in [1.54, 1.807) is 0 Å². The van der Waals surface area contributed by atoms with E-state index in [9.17, 15) is 24.4 Å². The van der Waals surface area contributed by atoms with Crippen molar-refractivity contribution in [3.63, 3.8) is 0 Å².